The highest BCUT2D eigenvalue weighted by Crippen LogP contribution is 2.43. The molecule has 1 aliphatic carbocycles. The van der Waals surface area contributed by atoms with Crippen LogP contribution in [0.2, 0.25) is 0 Å². The summed E-state index contributed by atoms with van der Waals surface area (Å²) < 4.78 is 32.3. The van der Waals surface area contributed by atoms with Gasteiger partial charge in [0.25, 0.3) is 6.43 Å². The quantitative estimate of drug-likeness (QED) is 0.619. The number of hydrogen-bond acceptors (Lipinski definition) is 3. The highest BCUT2D eigenvalue weighted by Gasteiger charge is 2.59. The summed E-state index contributed by atoms with van der Waals surface area (Å²) in [6.45, 7) is 1.78. The lowest BCUT2D eigenvalue weighted by Gasteiger charge is -2.23. The zero-order valence-electron chi connectivity index (χ0n) is 10.8. The van der Waals surface area contributed by atoms with Crippen LogP contribution in [0, 0.1) is 5.41 Å². The molecule has 3 nitrogen and oxygen atoms in total. The van der Waals surface area contributed by atoms with Crippen LogP contribution in [0.3, 0.4) is 0 Å². The Labute approximate surface area is 123 Å². The number of benzene rings is 1. The van der Waals surface area contributed by atoms with E-state index in [-0.39, 0.29) is 18.6 Å². The van der Waals surface area contributed by atoms with Gasteiger partial charge in [-0.15, -0.1) is 0 Å². The number of Topliss-reactive ketones (excluding diaryl/α,β-unsaturated/α-hetero) is 1. The summed E-state index contributed by atoms with van der Waals surface area (Å²) >= 11 is 3.19. The number of hydrogen-bond donors (Lipinski definition) is 0. The normalized spacial score (nSPS) is 21.1. The van der Waals surface area contributed by atoms with E-state index in [4.69, 9.17) is 4.74 Å². The smallest absolute Gasteiger partial charge is 0.326 e. The van der Waals surface area contributed by atoms with E-state index in [1.54, 1.807) is 19.1 Å². The van der Waals surface area contributed by atoms with E-state index in [0.717, 1.165) is 0 Å². The first-order chi connectivity index (χ1) is 9.43. The molecule has 0 aliphatic heterocycles. The van der Waals surface area contributed by atoms with Gasteiger partial charge in [0.1, 0.15) is 0 Å². The van der Waals surface area contributed by atoms with Crippen LogP contribution in [0.25, 0.3) is 0 Å². The molecular formula is C14H13BrF2O3. The molecule has 0 spiro atoms. The van der Waals surface area contributed by atoms with Crippen LogP contribution >= 0.6 is 15.9 Å². The van der Waals surface area contributed by atoms with Crippen LogP contribution in [0.4, 0.5) is 8.78 Å². The predicted molar refractivity (Wildman–Crippen MR) is 71.9 cm³/mol. The standard InChI is InChI=1S/C14H13BrF2O3/c1-2-5-20-13(19)14(12(16)17)7-8-3-4-9(15)6-10(8)11(14)18/h3-4,6,12H,2,5,7H2,1H3. The first kappa shape index (κ1) is 15.1. The number of esters is 1. The molecule has 0 aromatic heterocycles. The lowest BCUT2D eigenvalue weighted by atomic mass is 9.84. The van der Waals surface area contributed by atoms with E-state index >= 15 is 0 Å². The van der Waals surface area contributed by atoms with Gasteiger partial charge >= 0.3 is 5.97 Å². The Balaban J connectivity index is 2.42. The first-order valence-corrected chi connectivity index (χ1v) is 7.01. The molecule has 0 N–H and O–H groups in total. The van der Waals surface area contributed by atoms with Gasteiger partial charge in [-0.1, -0.05) is 28.9 Å². The van der Waals surface area contributed by atoms with E-state index < -0.39 is 23.6 Å². The van der Waals surface area contributed by atoms with E-state index in [0.29, 0.717) is 16.5 Å². The molecular weight excluding hydrogens is 334 g/mol. The maximum Gasteiger partial charge on any atom is 0.326 e. The fraction of sp³-hybridized carbons (Fsp3) is 0.429. The van der Waals surface area contributed by atoms with Crippen molar-refractivity contribution in [1.29, 1.82) is 0 Å². The number of rotatable bonds is 4. The van der Waals surface area contributed by atoms with Gasteiger partial charge in [0.2, 0.25) is 0 Å². The van der Waals surface area contributed by atoms with E-state index in [1.165, 1.54) is 6.07 Å². The van der Waals surface area contributed by atoms with Crippen molar-refractivity contribution >= 4 is 27.7 Å². The fourth-order valence-corrected chi connectivity index (χ4v) is 2.65. The summed E-state index contributed by atoms with van der Waals surface area (Å²) in [5.41, 5.74) is -1.78. The minimum atomic E-state index is -3.09. The third-order valence-corrected chi connectivity index (χ3v) is 3.86. The second-order valence-electron chi connectivity index (χ2n) is 4.72. The van der Waals surface area contributed by atoms with Gasteiger partial charge in [-0.25, -0.2) is 8.78 Å². The Morgan fingerprint density at radius 2 is 2.20 bits per heavy atom. The molecule has 1 aliphatic rings. The minimum Gasteiger partial charge on any atom is -0.465 e. The van der Waals surface area contributed by atoms with Crippen LogP contribution in [0.15, 0.2) is 22.7 Å². The van der Waals surface area contributed by atoms with Gasteiger partial charge in [-0.3, -0.25) is 9.59 Å². The molecule has 1 aromatic rings. The second kappa shape index (κ2) is 5.60. The summed E-state index contributed by atoms with van der Waals surface area (Å²) in [4.78, 5) is 24.3. The minimum absolute atomic E-state index is 0.0284. The number of carbonyl (C=O) groups is 2. The van der Waals surface area contributed by atoms with E-state index in [9.17, 15) is 18.4 Å². The van der Waals surface area contributed by atoms with Crippen molar-refractivity contribution in [1.82, 2.24) is 0 Å². The summed E-state index contributed by atoms with van der Waals surface area (Å²) in [5.74, 6) is -1.99. The molecule has 6 heteroatoms. The number of alkyl halides is 2. The van der Waals surface area contributed by atoms with E-state index in [1.807, 2.05) is 0 Å². The van der Waals surface area contributed by atoms with Gasteiger partial charge in [-0.05, 0) is 24.1 Å². The lowest BCUT2D eigenvalue weighted by molar-refractivity contribution is -0.160. The van der Waals surface area contributed by atoms with Gasteiger partial charge in [0.15, 0.2) is 11.2 Å². The number of carbonyl (C=O) groups excluding carboxylic acids is 2. The van der Waals surface area contributed by atoms with Crippen molar-refractivity contribution in [3.63, 3.8) is 0 Å². The Morgan fingerprint density at radius 3 is 2.80 bits per heavy atom. The predicted octanol–water partition coefficient (Wildman–Crippen LogP) is 3.39. The van der Waals surface area contributed by atoms with Crippen molar-refractivity contribution in [2.24, 2.45) is 5.41 Å². The van der Waals surface area contributed by atoms with Crippen LogP contribution in [-0.4, -0.2) is 24.8 Å². The van der Waals surface area contributed by atoms with Gasteiger partial charge in [0.05, 0.1) is 6.61 Å². The molecule has 0 amide bonds. The third kappa shape index (κ3) is 2.26. The van der Waals surface area contributed by atoms with Crippen LogP contribution in [-0.2, 0) is 16.0 Å². The molecule has 2 rings (SSSR count). The van der Waals surface area contributed by atoms with Crippen LogP contribution in [0.5, 0.6) is 0 Å². The zero-order chi connectivity index (χ0) is 14.9. The SMILES string of the molecule is CCCOC(=O)C1(C(F)F)Cc2ccc(Br)cc2C1=O. The fourth-order valence-electron chi connectivity index (χ4n) is 2.29. The van der Waals surface area contributed by atoms with Crippen molar-refractivity contribution in [3.8, 4) is 0 Å². The maximum atomic E-state index is 13.5. The van der Waals surface area contributed by atoms with Crippen molar-refractivity contribution in [2.45, 2.75) is 26.2 Å². The molecule has 0 saturated carbocycles. The Kier molecular flexibility index (Phi) is 4.22. The molecule has 108 valence electrons. The Bertz CT molecular complexity index is 559. The van der Waals surface area contributed by atoms with Crippen molar-refractivity contribution in [3.05, 3.63) is 33.8 Å². The molecule has 1 aromatic carbocycles. The average molecular weight is 347 g/mol. The average Bonchev–Trinajstić information content (AvgIpc) is 2.70. The van der Waals surface area contributed by atoms with Crippen molar-refractivity contribution < 1.29 is 23.1 Å². The Hall–Kier alpha value is -1.30. The van der Waals surface area contributed by atoms with Crippen molar-refractivity contribution in [2.75, 3.05) is 6.61 Å². The molecule has 0 saturated heterocycles. The highest BCUT2D eigenvalue weighted by atomic mass is 79.9. The number of fused-ring (bicyclic) bond motifs is 1. The number of ketones is 1. The highest BCUT2D eigenvalue weighted by molar-refractivity contribution is 9.10. The molecule has 1 atom stereocenters. The monoisotopic (exact) mass is 346 g/mol. The van der Waals surface area contributed by atoms with Gasteiger partial charge in [-0.2, -0.15) is 0 Å². The third-order valence-electron chi connectivity index (χ3n) is 3.37. The molecule has 0 fully saturated rings. The zero-order valence-corrected chi connectivity index (χ0v) is 12.4. The van der Waals surface area contributed by atoms with Crippen LogP contribution in [0.1, 0.15) is 29.3 Å². The largest absolute Gasteiger partial charge is 0.465 e. The number of ether oxygens (including phenoxy) is 1. The maximum absolute atomic E-state index is 13.5. The summed E-state index contributed by atoms with van der Waals surface area (Å²) in [6, 6.07) is 4.70. The Morgan fingerprint density at radius 1 is 1.50 bits per heavy atom. The number of halogens is 3. The van der Waals surface area contributed by atoms with Gasteiger partial charge < -0.3 is 4.74 Å². The lowest BCUT2D eigenvalue weighted by Crippen LogP contribution is -2.45. The summed E-state index contributed by atoms with van der Waals surface area (Å²) in [6.07, 6.45) is -2.89. The second-order valence-corrected chi connectivity index (χ2v) is 5.63. The topological polar surface area (TPSA) is 43.4 Å². The van der Waals surface area contributed by atoms with Crippen LogP contribution < -0.4 is 0 Å². The molecule has 0 bridgehead atoms. The molecule has 0 heterocycles. The van der Waals surface area contributed by atoms with E-state index in [2.05, 4.69) is 15.9 Å². The van der Waals surface area contributed by atoms with Gasteiger partial charge in [0, 0.05) is 16.5 Å². The molecule has 20 heavy (non-hydrogen) atoms. The molecule has 0 radical (unpaired) electrons. The first-order valence-electron chi connectivity index (χ1n) is 6.22. The molecule has 1 unspecified atom stereocenters. The summed E-state index contributed by atoms with van der Waals surface area (Å²) in [5, 5.41) is 0. The summed E-state index contributed by atoms with van der Waals surface area (Å²) in [7, 11) is 0.